The summed E-state index contributed by atoms with van der Waals surface area (Å²) in [6.07, 6.45) is 5.62. The number of benzene rings is 6. The van der Waals surface area contributed by atoms with Gasteiger partial charge in [0.05, 0.1) is 37.8 Å². The van der Waals surface area contributed by atoms with Gasteiger partial charge < -0.3 is 4.40 Å². The predicted molar refractivity (Wildman–Crippen MR) is 211 cm³/mol. The lowest BCUT2D eigenvalue weighted by Gasteiger charge is -2.14. The number of allylic oxidation sites excluding steroid dienone is 1. The van der Waals surface area contributed by atoms with Crippen LogP contribution in [0, 0.1) is 5.92 Å². The Kier molecular flexibility index (Phi) is 5.13. The fourth-order valence-electron chi connectivity index (χ4n) is 8.78. The van der Waals surface area contributed by atoms with Gasteiger partial charge >= 0.3 is 0 Å². The number of hydrogen-bond acceptors (Lipinski definition) is 3. The van der Waals surface area contributed by atoms with Gasteiger partial charge in [0, 0.05) is 42.8 Å². The van der Waals surface area contributed by atoms with Crippen molar-refractivity contribution in [1.82, 2.24) is 18.9 Å². The number of nitrogens with zero attached hydrogens (tertiary/aromatic N) is 4. The molecule has 11 aromatic rings. The highest BCUT2D eigenvalue weighted by Gasteiger charge is 2.28. The monoisotopic (exact) mass is 656 g/mol. The molecule has 4 nitrogen and oxygen atoms in total. The summed E-state index contributed by atoms with van der Waals surface area (Å²) in [5.74, 6) is 2.18. The number of fused-ring (bicyclic) bond motifs is 14. The summed E-state index contributed by atoms with van der Waals surface area (Å²) in [7, 11) is 0. The smallest absolute Gasteiger partial charge is 0.162 e. The summed E-state index contributed by atoms with van der Waals surface area (Å²) >= 11 is 1.83. The highest BCUT2D eigenvalue weighted by atomic mass is 32.1. The van der Waals surface area contributed by atoms with Gasteiger partial charge in [-0.15, -0.1) is 11.3 Å². The van der Waals surface area contributed by atoms with Crippen LogP contribution >= 0.6 is 11.3 Å². The Hall–Kier alpha value is -6.04. The molecule has 0 saturated heterocycles. The Labute approximate surface area is 290 Å². The molecule has 0 fully saturated rings. The van der Waals surface area contributed by atoms with Crippen molar-refractivity contribution in [3.63, 3.8) is 0 Å². The van der Waals surface area contributed by atoms with Crippen LogP contribution < -0.4 is 0 Å². The molecule has 12 rings (SSSR count). The summed E-state index contributed by atoms with van der Waals surface area (Å²) in [6.45, 7) is 2.30. The maximum absolute atomic E-state index is 5.59. The van der Waals surface area contributed by atoms with Gasteiger partial charge in [0.15, 0.2) is 11.6 Å². The third kappa shape index (κ3) is 3.40. The molecule has 0 aliphatic heterocycles. The normalized spacial score (nSPS) is 14.9. The number of thiophene rings is 1. The summed E-state index contributed by atoms with van der Waals surface area (Å²) in [5, 5.41) is 9.99. The average molecular weight is 657 g/mol. The van der Waals surface area contributed by atoms with Crippen LogP contribution in [0.3, 0.4) is 0 Å². The molecule has 1 unspecified atom stereocenters. The second-order valence-electron chi connectivity index (χ2n) is 13.9. The van der Waals surface area contributed by atoms with E-state index in [1.807, 2.05) is 11.3 Å². The van der Waals surface area contributed by atoms with Gasteiger partial charge in [0.25, 0.3) is 0 Å². The minimum absolute atomic E-state index is 0.462. The molecule has 5 heterocycles. The van der Waals surface area contributed by atoms with Crippen LogP contribution in [0.4, 0.5) is 0 Å². The van der Waals surface area contributed by atoms with Crippen molar-refractivity contribution in [3.05, 3.63) is 138 Å². The highest BCUT2D eigenvalue weighted by molar-refractivity contribution is 7.20. The molecule has 1 aliphatic carbocycles. The van der Waals surface area contributed by atoms with Gasteiger partial charge in [-0.2, -0.15) is 0 Å². The minimum atomic E-state index is 0.462. The van der Waals surface area contributed by atoms with E-state index >= 15 is 0 Å². The summed E-state index contributed by atoms with van der Waals surface area (Å²) in [4.78, 5) is 12.3. The Morgan fingerprint density at radius 2 is 1.32 bits per heavy atom. The van der Waals surface area contributed by atoms with Gasteiger partial charge in [0.2, 0.25) is 0 Å². The Bertz CT molecular complexity index is 3260. The topological polar surface area (TPSA) is 35.1 Å². The second kappa shape index (κ2) is 9.56. The van der Waals surface area contributed by atoms with E-state index in [2.05, 4.69) is 149 Å². The molecule has 0 amide bonds. The fraction of sp³-hybridized carbons (Fsp3) is 0.0667. The van der Waals surface area contributed by atoms with Crippen LogP contribution in [0.5, 0.6) is 0 Å². The van der Waals surface area contributed by atoms with E-state index in [-0.39, 0.29) is 0 Å². The number of hydrogen-bond donors (Lipinski definition) is 0. The molecule has 0 N–H and O–H groups in total. The van der Waals surface area contributed by atoms with Gasteiger partial charge in [-0.1, -0.05) is 104 Å². The van der Waals surface area contributed by atoms with Crippen molar-refractivity contribution in [2.75, 3.05) is 0 Å². The average Bonchev–Trinajstić information content (AvgIpc) is 3.89. The lowest BCUT2D eigenvalue weighted by atomic mass is 9.95. The maximum Gasteiger partial charge on any atom is 0.162 e. The maximum atomic E-state index is 5.59. The van der Waals surface area contributed by atoms with E-state index in [9.17, 15) is 0 Å². The van der Waals surface area contributed by atoms with Crippen molar-refractivity contribution in [1.29, 1.82) is 0 Å². The van der Waals surface area contributed by atoms with Crippen LogP contribution in [0.2, 0.25) is 0 Å². The van der Waals surface area contributed by atoms with Crippen LogP contribution in [0.25, 0.3) is 104 Å². The number of rotatable bonds is 2. The first-order valence-electron chi connectivity index (χ1n) is 17.3. The first-order valence-corrected chi connectivity index (χ1v) is 18.1. The van der Waals surface area contributed by atoms with E-state index in [0.717, 1.165) is 39.4 Å². The first kappa shape index (κ1) is 26.9. The molecule has 6 aromatic carbocycles. The third-order valence-electron chi connectivity index (χ3n) is 11.0. The van der Waals surface area contributed by atoms with E-state index in [1.165, 1.54) is 75.6 Å². The van der Waals surface area contributed by atoms with Crippen molar-refractivity contribution in [2.45, 2.75) is 13.3 Å². The number of para-hydroxylation sites is 3. The molecular formula is C45H28N4S. The molecule has 0 saturated carbocycles. The second-order valence-corrected chi connectivity index (χ2v) is 14.9. The predicted octanol–water partition coefficient (Wildman–Crippen LogP) is 12.0. The van der Waals surface area contributed by atoms with Crippen molar-refractivity contribution < 1.29 is 0 Å². The van der Waals surface area contributed by atoms with E-state index in [4.69, 9.17) is 9.97 Å². The van der Waals surface area contributed by atoms with Crippen molar-refractivity contribution in [2.24, 2.45) is 5.92 Å². The van der Waals surface area contributed by atoms with Crippen LogP contribution in [-0.2, 0) is 6.42 Å². The highest BCUT2D eigenvalue weighted by Crippen LogP contribution is 2.48. The molecule has 0 radical (unpaired) electrons. The van der Waals surface area contributed by atoms with E-state index in [0.29, 0.717) is 5.92 Å². The molecule has 1 atom stereocenters. The molecular weight excluding hydrogens is 629 g/mol. The van der Waals surface area contributed by atoms with Crippen LogP contribution in [0.15, 0.2) is 127 Å². The zero-order valence-corrected chi connectivity index (χ0v) is 28.0. The standard InChI is InChI=1S/C45H28N4S/c1-25-18-21-38-34(22-25)40-43(50-38)45(47-44(46-40)28-20-19-26-10-2-3-11-27(26)23-28)49-36-16-8-5-13-30(36)33-24-32-29-12-4-7-15-35(29)48-37-17-9-6-14-31(37)39(41(32)48)42(33)49/h2-21,23-25H,22H2,1H3. The van der Waals surface area contributed by atoms with Crippen molar-refractivity contribution in [3.8, 4) is 17.2 Å². The van der Waals surface area contributed by atoms with Gasteiger partial charge in [-0.3, -0.25) is 4.57 Å². The van der Waals surface area contributed by atoms with Gasteiger partial charge in [-0.25, -0.2) is 9.97 Å². The molecule has 5 heteroatoms. The SMILES string of the molecule is CC1C=Cc2sc3c(-n4c5ccccc5c5cc6c7ccccc7n7c8ccccc8c(c54)c67)nc(-c4ccc5ccccc5c4)nc3c2C1. The Morgan fingerprint density at radius 1 is 0.640 bits per heavy atom. The van der Waals surface area contributed by atoms with Gasteiger partial charge in [0.1, 0.15) is 0 Å². The van der Waals surface area contributed by atoms with E-state index in [1.54, 1.807) is 0 Å². The van der Waals surface area contributed by atoms with Crippen LogP contribution in [-0.4, -0.2) is 18.9 Å². The fourth-order valence-corrected chi connectivity index (χ4v) is 9.95. The molecule has 0 bridgehead atoms. The quantitative estimate of drug-likeness (QED) is 0.186. The zero-order valence-electron chi connectivity index (χ0n) is 27.2. The Morgan fingerprint density at radius 3 is 2.16 bits per heavy atom. The zero-order chi connectivity index (χ0) is 32.7. The summed E-state index contributed by atoms with van der Waals surface area (Å²) in [5.41, 5.74) is 9.55. The molecule has 0 spiro atoms. The molecule has 5 aromatic heterocycles. The largest absolute Gasteiger partial charge is 0.308 e. The summed E-state index contributed by atoms with van der Waals surface area (Å²) in [6, 6.07) is 44.2. The minimum Gasteiger partial charge on any atom is -0.308 e. The lowest BCUT2D eigenvalue weighted by Crippen LogP contribution is -2.04. The first-order chi connectivity index (χ1) is 24.7. The molecule has 50 heavy (non-hydrogen) atoms. The third-order valence-corrected chi connectivity index (χ3v) is 12.2. The van der Waals surface area contributed by atoms with E-state index < -0.39 is 0 Å². The number of aromatic nitrogens is 4. The molecule has 1 aliphatic rings. The molecule has 234 valence electrons. The van der Waals surface area contributed by atoms with Gasteiger partial charge in [-0.05, 0) is 65.1 Å². The lowest BCUT2D eigenvalue weighted by molar-refractivity contribution is 0.723. The Balaban J connectivity index is 1.30. The summed E-state index contributed by atoms with van der Waals surface area (Å²) < 4.78 is 6.08. The van der Waals surface area contributed by atoms with Crippen LogP contribution in [0.1, 0.15) is 17.4 Å². The van der Waals surface area contributed by atoms with Crippen molar-refractivity contribution >= 4 is 98.3 Å².